The number of carboxylic acids is 1. The molecule has 208 valence electrons. The van der Waals surface area contributed by atoms with Gasteiger partial charge >= 0.3 is 5.97 Å². The highest BCUT2D eigenvalue weighted by Crippen LogP contribution is 2.38. The lowest BCUT2D eigenvalue weighted by Crippen LogP contribution is -2.28. The average Bonchev–Trinajstić information content (AvgIpc) is 3.26. The van der Waals surface area contributed by atoms with E-state index >= 15 is 0 Å². The summed E-state index contributed by atoms with van der Waals surface area (Å²) in [4.78, 5) is 31.1. The lowest BCUT2D eigenvalue weighted by atomic mass is 10.1. The van der Waals surface area contributed by atoms with Gasteiger partial charge in [0.15, 0.2) is 16.7 Å². The van der Waals surface area contributed by atoms with Crippen molar-refractivity contribution in [1.29, 1.82) is 0 Å². The Balaban J connectivity index is 1.41. The summed E-state index contributed by atoms with van der Waals surface area (Å²) >= 11 is 3.53. The van der Waals surface area contributed by atoms with Crippen LogP contribution in [0.1, 0.15) is 35.3 Å². The first-order chi connectivity index (χ1) is 19.9. The predicted octanol–water partition coefficient (Wildman–Crippen LogP) is 7.74. The molecule has 1 heterocycles. The molecule has 41 heavy (non-hydrogen) atoms. The summed E-state index contributed by atoms with van der Waals surface area (Å²) in [6, 6.07) is 24.5. The van der Waals surface area contributed by atoms with Gasteiger partial charge in [0, 0.05) is 6.54 Å². The molecule has 7 nitrogen and oxygen atoms in total. The van der Waals surface area contributed by atoms with Crippen molar-refractivity contribution in [3.8, 4) is 11.5 Å². The Bertz CT molecular complexity index is 1680. The second-order valence-corrected chi connectivity index (χ2v) is 11.3. The van der Waals surface area contributed by atoms with E-state index in [0.29, 0.717) is 47.0 Å². The minimum Gasteiger partial charge on any atom is -0.490 e. The number of amides is 1. The maximum atomic E-state index is 13.2. The first kappa shape index (κ1) is 28.7. The summed E-state index contributed by atoms with van der Waals surface area (Å²) in [5.41, 5.74) is 2.66. The predicted molar refractivity (Wildman–Crippen MR) is 172 cm³/mol. The molecular weight excluding hydrogens is 651 g/mol. The highest BCUT2D eigenvalue weighted by atomic mass is 127. The second-order valence-electron chi connectivity index (χ2n) is 9.10. The Labute approximate surface area is 256 Å². The molecule has 0 unspecified atom stereocenters. The first-order valence-corrected chi connectivity index (χ1v) is 15.0. The number of nitrogens with zero attached hydrogens (tertiary/aromatic N) is 2. The van der Waals surface area contributed by atoms with Crippen molar-refractivity contribution in [3.63, 3.8) is 0 Å². The summed E-state index contributed by atoms with van der Waals surface area (Å²) in [5.74, 6) is 0.139. The van der Waals surface area contributed by atoms with Crippen LogP contribution in [0.25, 0.3) is 16.8 Å². The molecule has 1 aliphatic heterocycles. The molecule has 1 saturated heterocycles. The van der Waals surface area contributed by atoms with Crippen LogP contribution < -0.4 is 9.47 Å². The van der Waals surface area contributed by atoms with E-state index in [1.807, 2.05) is 50.3 Å². The fourth-order valence-electron chi connectivity index (χ4n) is 4.45. The van der Waals surface area contributed by atoms with Crippen LogP contribution in [0.4, 0.5) is 5.69 Å². The number of benzene rings is 4. The number of carboxylic acid groups (broad SMARTS) is 1. The van der Waals surface area contributed by atoms with Crippen molar-refractivity contribution >= 4 is 73.9 Å². The molecule has 0 saturated carbocycles. The van der Waals surface area contributed by atoms with Crippen LogP contribution in [0.3, 0.4) is 0 Å². The third kappa shape index (κ3) is 6.41. The molecule has 1 aliphatic rings. The van der Waals surface area contributed by atoms with Crippen molar-refractivity contribution < 1.29 is 24.2 Å². The number of amidine groups is 1. The van der Waals surface area contributed by atoms with E-state index in [1.165, 1.54) is 23.9 Å². The standard InChI is InChI=1S/C32H27IN2O5S/c1-3-35-30(36)28(41-32(35)34-24-14-12-22(13-15-24)31(37)38)18-20-16-26(33)29(27(17-20)39-4-2)40-19-23-10-7-9-21-8-5-6-11-25(21)23/h5-18H,3-4,19H2,1-2H3,(H,37,38). The molecule has 0 aliphatic carbocycles. The third-order valence-electron chi connectivity index (χ3n) is 6.42. The van der Waals surface area contributed by atoms with Gasteiger partial charge in [0.05, 0.1) is 26.3 Å². The zero-order valence-electron chi connectivity index (χ0n) is 22.5. The number of aromatic carboxylic acids is 1. The van der Waals surface area contributed by atoms with Gasteiger partial charge in [-0.05, 0) is 113 Å². The van der Waals surface area contributed by atoms with Crippen molar-refractivity contribution in [2.75, 3.05) is 13.2 Å². The highest BCUT2D eigenvalue weighted by Gasteiger charge is 2.32. The van der Waals surface area contributed by atoms with Crippen LogP contribution in [-0.2, 0) is 11.4 Å². The van der Waals surface area contributed by atoms with Gasteiger partial charge in [0.1, 0.15) is 6.61 Å². The maximum Gasteiger partial charge on any atom is 0.335 e. The number of halogens is 1. The SMILES string of the molecule is CCOc1cc(C=C2SC(=Nc3ccc(C(=O)O)cc3)N(CC)C2=O)cc(I)c1OCc1cccc2ccccc12. The topological polar surface area (TPSA) is 88.4 Å². The van der Waals surface area contributed by atoms with Crippen molar-refractivity contribution in [2.24, 2.45) is 4.99 Å². The fourth-order valence-corrected chi connectivity index (χ4v) is 6.30. The molecule has 1 fully saturated rings. The van der Waals surface area contributed by atoms with Crippen molar-refractivity contribution in [3.05, 3.63) is 104 Å². The van der Waals surface area contributed by atoms with Gasteiger partial charge in [0.2, 0.25) is 0 Å². The lowest BCUT2D eigenvalue weighted by Gasteiger charge is -2.16. The summed E-state index contributed by atoms with van der Waals surface area (Å²) in [7, 11) is 0. The van der Waals surface area contributed by atoms with Gasteiger partial charge in [-0.15, -0.1) is 0 Å². The number of hydrogen-bond donors (Lipinski definition) is 1. The molecule has 0 atom stereocenters. The van der Waals surface area contributed by atoms with Crippen LogP contribution in [0.15, 0.2) is 88.8 Å². The van der Waals surface area contributed by atoms with Crippen LogP contribution in [0, 0.1) is 3.57 Å². The molecule has 9 heteroatoms. The first-order valence-electron chi connectivity index (χ1n) is 13.1. The van der Waals surface area contributed by atoms with E-state index in [1.54, 1.807) is 17.0 Å². The van der Waals surface area contributed by atoms with E-state index in [9.17, 15) is 9.59 Å². The minimum absolute atomic E-state index is 0.136. The Morgan fingerprint density at radius 2 is 1.78 bits per heavy atom. The van der Waals surface area contributed by atoms with Gasteiger partial charge in [-0.1, -0.05) is 42.5 Å². The van der Waals surface area contributed by atoms with Gasteiger partial charge < -0.3 is 14.6 Å². The van der Waals surface area contributed by atoms with Gasteiger partial charge in [-0.25, -0.2) is 9.79 Å². The number of carbonyl (C=O) groups is 2. The lowest BCUT2D eigenvalue weighted by molar-refractivity contribution is -0.122. The molecule has 0 aromatic heterocycles. The zero-order valence-corrected chi connectivity index (χ0v) is 25.4. The Hall–Kier alpha value is -3.83. The molecule has 1 amide bonds. The summed E-state index contributed by atoms with van der Waals surface area (Å²) in [6.45, 7) is 5.13. The van der Waals surface area contributed by atoms with Crippen LogP contribution in [-0.4, -0.2) is 40.2 Å². The number of ether oxygens (including phenoxy) is 2. The molecule has 4 aromatic rings. The van der Waals surface area contributed by atoms with Crippen LogP contribution in [0.2, 0.25) is 0 Å². The van der Waals surface area contributed by atoms with E-state index < -0.39 is 5.97 Å². The van der Waals surface area contributed by atoms with Gasteiger partial charge in [0.25, 0.3) is 5.91 Å². The summed E-state index contributed by atoms with van der Waals surface area (Å²) in [6.07, 6.45) is 1.84. The molecule has 0 radical (unpaired) electrons. The number of fused-ring (bicyclic) bond motifs is 1. The smallest absolute Gasteiger partial charge is 0.335 e. The van der Waals surface area contributed by atoms with Crippen molar-refractivity contribution in [1.82, 2.24) is 4.90 Å². The molecule has 5 rings (SSSR count). The monoisotopic (exact) mass is 678 g/mol. The minimum atomic E-state index is -0.999. The zero-order chi connectivity index (χ0) is 28.9. The second kappa shape index (κ2) is 12.8. The highest BCUT2D eigenvalue weighted by molar-refractivity contribution is 14.1. The van der Waals surface area contributed by atoms with E-state index in [0.717, 1.165) is 25.5 Å². The summed E-state index contributed by atoms with van der Waals surface area (Å²) in [5, 5.41) is 12.0. The number of likely N-dealkylation sites (N-methyl/N-ethyl adjacent to an activating group) is 1. The summed E-state index contributed by atoms with van der Waals surface area (Å²) < 4.78 is 13.2. The number of rotatable bonds is 9. The number of thioether (sulfide) groups is 1. The Kier molecular flexibility index (Phi) is 8.94. The number of carbonyl (C=O) groups excluding carboxylic acids is 1. The van der Waals surface area contributed by atoms with E-state index in [2.05, 4.69) is 51.8 Å². The molecular formula is C32H27IN2O5S. The Morgan fingerprint density at radius 3 is 2.51 bits per heavy atom. The number of aliphatic imine (C=N–C) groups is 1. The van der Waals surface area contributed by atoms with Crippen molar-refractivity contribution in [2.45, 2.75) is 20.5 Å². The molecule has 1 N–H and O–H groups in total. The van der Waals surface area contributed by atoms with Crippen LogP contribution in [0.5, 0.6) is 11.5 Å². The average molecular weight is 679 g/mol. The van der Waals surface area contributed by atoms with E-state index in [-0.39, 0.29) is 11.5 Å². The van der Waals surface area contributed by atoms with E-state index in [4.69, 9.17) is 14.6 Å². The van der Waals surface area contributed by atoms with Gasteiger partial charge in [-0.2, -0.15) is 0 Å². The Morgan fingerprint density at radius 1 is 1.02 bits per heavy atom. The molecule has 4 aromatic carbocycles. The maximum absolute atomic E-state index is 13.2. The quantitative estimate of drug-likeness (QED) is 0.144. The molecule has 0 spiro atoms. The number of hydrogen-bond acceptors (Lipinski definition) is 6. The third-order valence-corrected chi connectivity index (χ3v) is 8.23. The normalized spacial score (nSPS) is 15.2. The van der Waals surface area contributed by atoms with Crippen LogP contribution >= 0.6 is 34.4 Å². The van der Waals surface area contributed by atoms with Gasteiger partial charge in [-0.3, -0.25) is 9.69 Å². The molecule has 0 bridgehead atoms. The largest absolute Gasteiger partial charge is 0.490 e. The fraction of sp³-hybridized carbons (Fsp3) is 0.156.